The Balaban J connectivity index is 2.22. The molecule has 0 aromatic heterocycles. The molecule has 60 valence electrons. The van der Waals surface area contributed by atoms with Crippen molar-refractivity contribution in [1.29, 1.82) is 0 Å². The molecule has 0 radical (unpaired) electrons. The number of rotatable bonds is 0. The molecule has 0 saturated carbocycles. The average Bonchev–Trinajstić information content (AvgIpc) is 2.30. The molecule has 0 aromatic carbocycles. The van der Waals surface area contributed by atoms with E-state index in [1.165, 1.54) is 0 Å². The molecule has 3 atom stereocenters. The molecule has 11 heavy (non-hydrogen) atoms. The minimum atomic E-state index is -0.676. The normalized spacial score (nSPS) is 41.9. The van der Waals surface area contributed by atoms with Gasteiger partial charge in [0.15, 0.2) is 12.1 Å². The van der Waals surface area contributed by atoms with E-state index >= 15 is 0 Å². The van der Waals surface area contributed by atoms with Crippen molar-refractivity contribution in [2.24, 2.45) is 16.8 Å². The predicted molar refractivity (Wildman–Crippen MR) is 41.4 cm³/mol. The molecule has 0 fully saturated rings. The Morgan fingerprint density at radius 2 is 2.09 bits per heavy atom. The average molecular weight is 153 g/mol. The fraction of sp³-hybridized carbons (Fsp3) is 0.625. The van der Waals surface area contributed by atoms with E-state index in [4.69, 9.17) is 0 Å². The molecule has 1 aliphatic carbocycles. The van der Waals surface area contributed by atoms with Gasteiger partial charge in [-0.05, 0) is 12.8 Å². The number of aliphatic hydroxyl groups is 2. The van der Waals surface area contributed by atoms with Crippen LogP contribution in [0.3, 0.4) is 0 Å². The van der Waals surface area contributed by atoms with Gasteiger partial charge in [0.1, 0.15) is 0 Å². The predicted octanol–water partition coefficient (Wildman–Crippen LogP) is 0.857. The fourth-order valence-electron chi connectivity index (χ4n) is 1.79. The van der Waals surface area contributed by atoms with Crippen LogP contribution in [-0.2, 0) is 0 Å². The van der Waals surface area contributed by atoms with Crippen LogP contribution in [0.5, 0.6) is 0 Å². The third-order valence-corrected chi connectivity index (χ3v) is 2.46. The van der Waals surface area contributed by atoms with Crippen LogP contribution in [0.25, 0.3) is 0 Å². The van der Waals surface area contributed by atoms with Crippen molar-refractivity contribution in [3.05, 3.63) is 12.2 Å². The Labute approximate surface area is 65.1 Å². The van der Waals surface area contributed by atoms with E-state index in [9.17, 15) is 10.2 Å². The third kappa shape index (κ3) is 0.959. The summed E-state index contributed by atoms with van der Waals surface area (Å²) in [6.45, 7) is 0. The quantitative estimate of drug-likeness (QED) is 0.507. The van der Waals surface area contributed by atoms with E-state index < -0.39 is 6.23 Å². The second-order valence-electron chi connectivity index (χ2n) is 3.11. The molecule has 0 aromatic rings. The summed E-state index contributed by atoms with van der Waals surface area (Å²) in [4.78, 5) is 3.72. The first kappa shape index (κ1) is 6.85. The van der Waals surface area contributed by atoms with Gasteiger partial charge in [0.25, 0.3) is 0 Å². The first-order valence-corrected chi connectivity index (χ1v) is 3.89. The summed E-state index contributed by atoms with van der Waals surface area (Å²) in [5.74, 6) is 0.335. The van der Waals surface area contributed by atoms with E-state index in [2.05, 4.69) is 4.99 Å². The number of hydrogen-bond acceptors (Lipinski definition) is 2. The van der Waals surface area contributed by atoms with Crippen LogP contribution >= 0.6 is 0 Å². The lowest BCUT2D eigenvalue weighted by atomic mass is 9.84. The SMILES string of the molecule is OC1=NC(O)C2CC=CCC12. The van der Waals surface area contributed by atoms with Crippen molar-refractivity contribution < 1.29 is 10.2 Å². The highest BCUT2D eigenvalue weighted by Gasteiger charge is 2.37. The van der Waals surface area contributed by atoms with Gasteiger partial charge in [-0.1, -0.05) is 12.2 Å². The number of fused-ring (bicyclic) bond motifs is 1. The molecule has 2 rings (SSSR count). The van der Waals surface area contributed by atoms with Gasteiger partial charge in [-0.25, -0.2) is 4.99 Å². The summed E-state index contributed by atoms with van der Waals surface area (Å²) in [5, 5.41) is 18.6. The fourth-order valence-corrected chi connectivity index (χ4v) is 1.79. The lowest BCUT2D eigenvalue weighted by Crippen LogP contribution is -2.24. The maximum absolute atomic E-state index is 9.31. The second kappa shape index (κ2) is 2.34. The molecule has 3 unspecified atom stereocenters. The highest BCUT2D eigenvalue weighted by Crippen LogP contribution is 2.34. The van der Waals surface area contributed by atoms with Gasteiger partial charge in [-0.2, -0.15) is 0 Å². The Morgan fingerprint density at radius 1 is 1.36 bits per heavy atom. The zero-order valence-electron chi connectivity index (χ0n) is 6.14. The van der Waals surface area contributed by atoms with Crippen LogP contribution in [0.4, 0.5) is 0 Å². The molecule has 1 aliphatic heterocycles. The lowest BCUT2D eigenvalue weighted by Gasteiger charge is -2.21. The van der Waals surface area contributed by atoms with E-state index in [1.54, 1.807) is 0 Å². The molecule has 3 heteroatoms. The molecule has 3 nitrogen and oxygen atoms in total. The van der Waals surface area contributed by atoms with E-state index in [0.717, 1.165) is 12.8 Å². The number of hydrogen-bond donors (Lipinski definition) is 2. The molecule has 0 saturated heterocycles. The summed E-state index contributed by atoms with van der Waals surface area (Å²) in [6, 6.07) is 0. The Hall–Kier alpha value is -0.830. The summed E-state index contributed by atoms with van der Waals surface area (Å²) in [7, 11) is 0. The van der Waals surface area contributed by atoms with E-state index in [0.29, 0.717) is 0 Å². The number of nitrogens with zero attached hydrogens (tertiary/aromatic N) is 1. The van der Waals surface area contributed by atoms with Crippen LogP contribution in [0.1, 0.15) is 12.8 Å². The number of allylic oxidation sites excluding steroid dienone is 2. The number of aliphatic imine (C=N–C) groups is 1. The highest BCUT2D eigenvalue weighted by atomic mass is 16.3. The molecular weight excluding hydrogens is 142 g/mol. The van der Waals surface area contributed by atoms with Gasteiger partial charge in [-0.15, -0.1) is 0 Å². The summed E-state index contributed by atoms with van der Waals surface area (Å²) >= 11 is 0. The van der Waals surface area contributed by atoms with Gasteiger partial charge in [0.05, 0.1) is 0 Å². The Kier molecular flexibility index (Phi) is 1.46. The van der Waals surface area contributed by atoms with Crippen LogP contribution < -0.4 is 0 Å². The van der Waals surface area contributed by atoms with Crippen molar-refractivity contribution in [3.63, 3.8) is 0 Å². The van der Waals surface area contributed by atoms with Gasteiger partial charge in [0.2, 0.25) is 0 Å². The summed E-state index contributed by atoms with van der Waals surface area (Å²) in [5.41, 5.74) is 0. The molecule has 0 bridgehead atoms. The molecular formula is C8H11NO2. The van der Waals surface area contributed by atoms with Gasteiger partial charge >= 0.3 is 0 Å². The lowest BCUT2D eigenvalue weighted by molar-refractivity contribution is 0.112. The maximum atomic E-state index is 9.31. The van der Waals surface area contributed by atoms with Crippen LogP contribution in [0.2, 0.25) is 0 Å². The smallest absolute Gasteiger partial charge is 0.187 e. The monoisotopic (exact) mass is 153 g/mol. The molecule has 2 aliphatic rings. The van der Waals surface area contributed by atoms with Crippen molar-refractivity contribution in [1.82, 2.24) is 0 Å². The zero-order chi connectivity index (χ0) is 7.84. The third-order valence-electron chi connectivity index (χ3n) is 2.46. The standard InChI is InChI=1S/C8H11NO2/c10-7-5-3-1-2-4-6(5)8(11)9-7/h1-2,5-7,10H,3-4H2,(H,9,11). The largest absolute Gasteiger partial charge is 0.496 e. The van der Waals surface area contributed by atoms with Crippen LogP contribution in [0, 0.1) is 11.8 Å². The minimum absolute atomic E-state index is 0.0787. The molecule has 1 heterocycles. The van der Waals surface area contributed by atoms with Crippen molar-refractivity contribution in [3.8, 4) is 0 Å². The first-order chi connectivity index (χ1) is 5.29. The van der Waals surface area contributed by atoms with Crippen LogP contribution in [0.15, 0.2) is 17.1 Å². The molecule has 0 amide bonds. The maximum Gasteiger partial charge on any atom is 0.187 e. The minimum Gasteiger partial charge on any atom is -0.496 e. The van der Waals surface area contributed by atoms with Crippen LogP contribution in [-0.4, -0.2) is 22.3 Å². The van der Waals surface area contributed by atoms with Crippen molar-refractivity contribution in [2.45, 2.75) is 19.1 Å². The highest BCUT2D eigenvalue weighted by molar-refractivity contribution is 5.79. The van der Waals surface area contributed by atoms with Gasteiger partial charge < -0.3 is 10.2 Å². The first-order valence-electron chi connectivity index (χ1n) is 3.89. The zero-order valence-corrected chi connectivity index (χ0v) is 6.14. The van der Waals surface area contributed by atoms with E-state index in [-0.39, 0.29) is 17.7 Å². The number of aliphatic hydroxyl groups excluding tert-OH is 2. The van der Waals surface area contributed by atoms with Crippen molar-refractivity contribution in [2.75, 3.05) is 0 Å². The topological polar surface area (TPSA) is 52.8 Å². The summed E-state index contributed by atoms with van der Waals surface area (Å²) in [6.07, 6.45) is 5.05. The van der Waals surface area contributed by atoms with Gasteiger partial charge in [-0.3, -0.25) is 0 Å². The summed E-state index contributed by atoms with van der Waals surface area (Å²) < 4.78 is 0. The van der Waals surface area contributed by atoms with Crippen molar-refractivity contribution >= 4 is 5.90 Å². The Bertz CT molecular complexity index is 222. The molecule has 0 spiro atoms. The Morgan fingerprint density at radius 3 is 2.82 bits per heavy atom. The molecule has 2 N–H and O–H groups in total. The second-order valence-corrected chi connectivity index (χ2v) is 3.11. The van der Waals surface area contributed by atoms with E-state index in [1.807, 2.05) is 12.2 Å². The van der Waals surface area contributed by atoms with Gasteiger partial charge in [0, 0.05) is 11.8 Å².